The van der Waals surface area contributed by atoms with Gasteiger partial charge in [-0.25, -0.2) is 13.2 Å². The highest BCUT2D eigenvalue weighted by atomic mass is 32.2. The lowest BCUT2D eigenvalue weighted by atomic mass is 10.1. The molecule has 0 fully saturated rings. The summed E-state index contributed by atoms with van der Waals surface area (Å²) in [6.45, 7) is 0. The van der Waals surface area contributed by atoms with Crippen molar-refractivity contribution in [1.82, 2.24) is 4.57 Å². The fourth-order valence-electron chi connectivity index (χ4n) is 2.01. The summed E-state index contributed by atoms with van der Waals surface area (Å²) in [5, 5.41) is 8.86. The fraction of sp³-hybridized carbons (Fsp3) is 0.400. The molecule has 1 aromatic heterocycles. The Labute approximate surface area is 97.4 Å². The summed E-state index contributed by atoms with van der Waals surface area (Å²) in [4.78, 5) is 22.5. The third-order valence-corrected chi connectivity index (χ3v) is 4.46. The number of hydrogen-bond acceptors (Lipinski definition) is 4. The van der Waals surface area contributed by atoms with E-state index in [1.807, 2.05) is 0 Å². The summed E-state index contributed by atoms with van der Waals surface area (Å²) in [6, 6.07) is 1.18. The summed E-state index contributed by atoms with van der Waals surface area (Å²) in [5.41, 5.74) is 0.0319. The minimum absolute atomic E-state index is 0.000300. The van der Waals surface area contributed by atoms with Crippen LogP contribution in [0, 0.1) is 0 Å². The van der Waals surface area contributed by atoms with Crippen molar-refractivity contribution in [3.63, 3.8) is 0 Å². The maximum atomic E-state index is 11.7. The van der Waals surface area contributed by atoms with E-state index in [9.17, 15) is 18.0 Å². The number of nitrogens with zero attached hydrogens (tertiary/aromatic N) is 1. The second-order valence-electron chi connectivity index (χ2n) is 4.04. The van der Waals surface area contributed by atoms with Gasteiger partial charge in [0.2, 0.25) is 0 Å². The monoisotopic (exact) mass is 257 g/mol. The standard InChI is InChI=1S/C10H11NO5S/c1-11-8-2-3-17(15,16)5-6(8)4-7(9(11)12)10(13)14/h4H,2-3,5H2,1H3,(H,13,14). The van der Waals surface area contributed by atoms with Crippen LogP contribution in [0.3, 0.4) is 0 Å². The Balaban J connectivity index is 2.72. The minimum atomic E-state index is -3.18. The molecule has 17 heavy (non-hydrogen) atoms. The maximum Gasteiger partial charge on any atom is 0.341 e. The van der Waals surface area contributed by atoms with E-state index in [4.69, 9.17) is 5.11 Å². The van der Waals surface area contributed by atoms with Crippen LogP contribution in [0.2, 0.25) is 0 Å². The first-order chi connectivity index (χ1) is 7.82. The third kappa shape index (κ3) is 1.97. The molecule has 0 atom stereocenters. The number of carboxylic acids is 1. The topological polar surface area (TPSA) is 93.4 Å². The molecule has 1 aliphatic heterocycles. The zero-order valence-electron chi connectivity index (χ0n) is 9.13. The van der Waals surface area contributed by atoms with Crippen molar-refractivity contribution in [3.05, 3.63) is 33.2 Å². The van der Waals surface area contributed by atoms with Crippen LogP contribution in [-0.2, 0) is 29.1 Å². The van der Waals surface area contributed by atoms with Gasteiger partial charge in [-0.2, -0.15) is 0 Å². The molecule has 0 saturated heterocycles. The lowest BCUT2D eigenvalue weighted by Crippen LogP contribution is -2.32. The molecule has 0 aliphatic carbocycles. The van der Waals surface area contributed by atoms with Crippen molar-refractivity contribution in [2.24, 2.45) is 7.05 Å². The minimum Gasteiger partial charge on any atom is -0.477 e. The van der Waals surface area contributed by atoms with Gasteiger partial charge in [-0.1, -0.05) is 0 Å². The molecule has 2 heterocycles. The predicted octanol–water partition coefficient (Wildman–Crippen LogP) is -0.446. The summed E-state index contributed by atoms with van der Waals surface area (Å²) in [7, 11) is -1.71. The molecular weight excluding hydrogens is 246 g/mol. The number of hydrogen-bond donors (Lipinski definition) is 1. The molecule has 1 aromatic rings. The molecule has 1 aliphatic rings. The van der Waals surface area contributed by atoms with Crippen molar-refractivity contribution in [1.29, 1.82) is 0 Å². The number of carbonyl (C=O) groups is 1. The van der Waals surface area contributed by atoms with Gasteiger partial charge in [0.15, 0.2) is 9.84 Å². The van der Waals surface area contributed by atoms with Crippen LogP contribution in [0.4, 0.5) is 0 Å². The highest BCUT2D eigenvalue weighted by molar-refractivity contribution is 7.90. The Bertz CT molecular complexity index is 656. The molecule has 6 nitrogen and oxygen atoms in total. The summed E-state index contributed by atoms with van der Waals surface area (Å²) in [5.74, 6) is -1.53. The number of fused-ring (bicyclic) bond motifs is 1. The smallest absolute Gasteiger partial charge is 0.341 e. The number of pyridine rings is 1. The van der Waals surface area contributed by atoms with Crippen molar-refractivity contribution in [2.75, 3.05) is 5.75 Å². The Morgan fingerprint density at radius 1 is 1.47 bits per heavy atom. The molecule has 92 valence electrons. The van der Waals surface area contributed by atoms with Gasteiger partial charge in [0.1, 0.15) is 5.56 Å². The first-order valence-corrected chi connectivity index (χ1v) is 6.79. The third-order valence-electron chi connectivity index (χ3n) is 2.88. The number of sulfone groups is 1. The molecular formula is C10H11NO5S. The van der Waals surface area contributed by atoms with E-state index in [1.165, 1.54) is 17.7 Å². The summed E-state index contributed by atoms with van der Waals surface area (Å²) < 4.78 is 24.1. The Morgan fingerprint density at radius 3 is 2.71 bits per heavy atom. The molecule has 0 amide bonds. The van der Waals surface area contributed by atoms with Gasteiger partial charge < -0.3 is 9.67 Å². The SMILES string of the molecule is Cn1c2c(cc(C(=O)O)c1=O)CS(=O)(=O)CC2. The van der Waals surface area contributed by atoms with E-state index in [-0.39, 0.29) is 23.5 Å². The lowest BCUT2D eigenvalue weighted by molar-refractivity contribution is 0.0694. The maximum absolute atomic E-state index is 11.7. The van der Waals surface area contributed by atoms with Crippen LogP contribution >= 0.6 is 0 Å². The van der Waals surface area contributed by atoms with Crippen LogP contribution in [0.1, 0.15) is 21.6 Å². The highest BCUT2D eigenvalue weighted by Gasteiger charge is 2.25. The van der Waals surface area contributed by atoms with Crippen LogP contribution in [0.15, 0.2) is 10.9 Å². The van der Waals surface area contributed by atoms with E-state index in [1.54, 1.807) is 0 Å². The predicted molar refractivity (Wildman–Crippen MR) is 59.8 cm³/mol. The first-order valence-electron chi connectivity index (χ1n) is 4.97. The van der Waals surface area contributed by atoms with E-state index in [2.05, 4.69) is 0 Å². The van der Waals surface area contributed by atoms with E-state index >= 15 is 0 Å². The molecule has 0 radical (unpaired) electrons. The second-order valence-corrected chi connectivity index (χ2v) is 6.23. The summed E-state index contributed by atoms with van der Waals surface area (Å²) >= 11 is 0. The zero-order valence-corrected chi connectivity index (χ0v) is 9.95. The van der Waals surface area contributed by atoms with E-state index in [0.717, 1.165) is 0 Å². The van der Waals surface area contributed by atoms with Crippen molar-refractivity contribution < 1.29 is 18.3 Å². The van der Waals surface area contributed by atoms with Gasteiger partial charge in [-0.05, 0) is 11.6 Å². The van der Waals surface area contributed by atoms with Gasteiger partial charge in [0.05, 0.1) is 11.5 Å². The molecule has 0 bridgehead atoms. The fourth-order valence-corrected chi connectivity index (χ4v) is 3.38. The Hall–Kier alpha value is -1.63. The number of aromatic nitrogens is 1. The van der Waals surface area contributed by atoms with Gasteiger partial charge in [-0.3, -0.25) is 4.79 Å². The number of carboxylic acid groups (broad SMARTS) is 1. The number of rotatable bonds is 1. The van der Waals surface area contributed by atoms with Crippen molar-refractivity contribution in [2.45, 2.75) is 12.2 Å². The van der Waals surface area contributed by atoms with Crippen molar-refractivity contribution in [3.8, 4) is 0 Å². The molecule has 0 aromatic carbocycles. The summed E-state index contributed by atoms with van der Waals surface area (Å²) in [6.07, 6.45) is 0.253. The Kier molecular flexibility index (Phi) is 2.57. The lowest BCUT2D eigenvalue weighted by Gasteiger charge is -2.19. The normalized spacial score (nSPS) is 17.5. The molecule has 2 rings (SSSR count). The van der Waals surface area contributed by atoms with Gasteiger partial charge >= 0.3 is 5.97 Å². The molecule has 0 spiro atoms. The van der Waals surface area contributed by atoms with Crippen LogP contribution in [-0.4, -0.2) is 29.8 Å². The second kappa shape index (κ2) is 3.69. The van der Waals surface area contributed by atoms with Crippen LogP contribution < -0.4 is 5.56 Å². The number of aromatic carboxylic acids is 1. The average molecular weight is 257 g/mol. The quantitative estimate of drug-likeness (QED) is 0.735. The molecule has 7 heteroatoms. The van der Waals surface area contributed by atoms with Crippen molar-refractivity contribution >= 4 is 15.8 Å². The average Bonchev–Trinajstić information content (AvgIpc) is 2.21. The van der Waals surface area contributed by atoms with Crippen LogP contribution in [0.25, 0.3) is 0 Å². The molecule has 0 unspecified atom stereocenters. The Morgan fingerprint density at radius 2 is 2.12 bits per heavy atom. The van der Waals surface area contributed by atoms with E-state index < -0.39 is 21.4 Å². The molecule has 0 saturated carbocycles. The first kappa shape index (κ1) is 11.8. The largest absolute Gasteiger partial charge is 0.477 e. The molecule has 1 N–H and O–H groups in total. The highest BCUT2D eigenvalue weighted by Crippen LogP contribution is 2.19. The van der Waals surface area contributed by atoms with Gasteiger partial charge in [-0.15, -0.1) is 0 Å². The van der Waals surface area contributed by atoms with Gasteiger partial charge in [0, 0.05) is 19.2 Å². The van der Waals surface area contributed by atoms with Crippen LogP contribution in [0.5, 0.6) is 0 Å². The zero-order chi connectivity index (χ0) is 12.8. The van der Waals surface area contributed by atoms with E-state index in [0.29, 0.717) is 11.3 Å². The van der Waals surface area contributed by atoms with Gasteiger partial charge in [0.25, 0.3) is 5.56 Å².